The zero-order valence-electron chi connectivity index (χ0n) is 13.8. The minimum atomic E-state index is -1.04. The molecule has 1 heterocycles. The van der Waals surface area contributed by atoms with Crippen LogP contribution in [0.3, 0.4) is 0 Å². The number of aromatic nitrogens is 1. The number of carbonyl (C=O) groups is 1. The molecular formula is C19H20ClNO3. The van der Waals surface area contributed by atoms with E-state index in [0.29, 0.717) is 17.3 Å². The first-order chi connectivity index (χ1) is 11.4. The lowest BCUT2D eigenvalue weighted by atomic mass is 10.2. The van der Waals surface area contributed by atoms with E-state index in [-0.39, 0.29) is 0 Å². The van der Waals surface area contributed by atoms with Crippen molar-refractivity contribution >= 4 is 30.2 Å². The molecule has 0 unspecified atom stereocenters. The summed E-state index contributed by atoms with van der Waals surface area (Å²) in [6, 6.07) is 7.41. The maximum Gasteiger partial charge on any atom is 0.341 e. The summed E-state index contributed by atoms with van der Waals surface area (Å²) in [5.74, 6) is -0.671. The topological polar surface area (TPSA) is 51.5 Å². The first-order valence-electron chi connectivity index (χ1n) is 7.53. The van der Waals surface area contributed by atoms with Crippen molar-refractivity contribution in [2.24, 2.45) is 0 Å². The van der Waals surface area contributed by atoms with Gasteiger partial charge in [-0.2, -0.15) is 0 Å². The van der Waals surface area contributed by atoms with Gasteiger partial charge in [-0.1, -0.05) is 36.4 Å². The van der Waals surface area contributed by atoms with Crippen LogP contribution in [0.15, 0.2) is 36.4 Å². The zero-order chi connectivity index (χ0) is 17.7. The Hall–Kier alpha value is -2.46. The summed E-state index contributed by atoms with van der Waals surface area (Å²) in [5, 5.41) is 11.1. The highest BCUT2D eigenvalue weighted by Gasteiger charge is 2.07. The molecule has 0 aliphatic carbocycles. The molecule has 0 atom stereocenters. The molecule has 0 bridgehead atoms. The Morgan fingerprint density at radius 3 is 2.79 bits per heavy atom. The standard InChI is InChI=1S/C19H20ClNO3/c1-4-5-6-17-13(2)9-14(3)21(17)11-15-7-8-18(16(20)10-15)24-12-19(22)23/h4-10H,2,11-12H2,1,3H3,(H,22,23)/b5-4-,17-6+. The van der Waals surface area contributed by atoms with Gasteiger partial charge < -0.3 is 14.4 Å². The molecule has 1 aromatic carbocycles. The summed E-state index contributed by atoms with van der Waals surface area (Å²) >= 11 is 6.19. The maximum absolute atomic E-state index is 10.6. The van der Waals surface area contributed by atoms with Gasteiger partial charge in [0.15, 0.2) is 6.61 Å². The molecule has 1 aromatic heterocycles. The quantitative estimate of drug-likeness (QED) is 0.875. The van der Waals surface area contributed by atoms with Gasteiger partial charge in [0.1, 0.15) is 5.75 Å². The third-order valence-corrected chi connectivity index (χ3v) is 3.86. The number of allylic oxidation sites excluding steroid dienone is 2. The number of ether oxygens (including phenoxy) is 1. The molecule has 2 rings (SSSR count). The molecule has 0 saturated carbocycles. The van der Waals surface area contributed by atoms with E-state index in [1.165, 1.54) is 0 Å². The second-order valence-corrected chi connectivity index (χ2v) is 5.83. The summed E-state index contributed by atoms with van der Waals surface area (Å²) < 4.78 is 7.30. The number of hydrogen-bond acceptors (Lipinski definition) is 2. The van der Waals surface area contributed by atoms with E-state index in [2.05, 4.69) is 11.1 Å². The SMILES string of the molecule is C=c1cc(C)n(Cc2ccc(OCC(=O)O)c(Cl)c2)/c1=C/C=C\C. The van der Waals surface area contributed by atoms with Crippen LogP contribution in [0.4, 0.5) is 0 Å². The fourth-order valence-corrected chi connectivity index (χ4v) is 2.70. The normalized spacial score (nSPS) is 12.0. The van der Waals surface area contributed by atoms with Crippen LogP contribution in [0.25, 0.3) is 12.7 Å². The second kappa shape index (κ2) is 7.88. The average molecular weight is 346 g/mol. The number of benzene rings is 1. The number of hydrogen-bond donors (Lipinski definition) is 1. The third kappa shape index (κ3) is 4.30. The summed E-state index contributed by atoms with van der Waals surface area (Å²) in [4.78, 5) is 10.6. The van der Waals surface area contributed by atoms with E-state index in [4.69, 9.17) is 21.4 Å². The molecule has 0 aliphatic heterocycles. The van der Waals surface area contributed by atoms with Crippen molar-refractivity contribution in [3.05, 3.63) is 63.3 Å². The molecule has 24 heavy (non-hydrogen) atoms. The van der Waals surface area contributed by atoms with Crippen molar-refractivity contribution in [1.82, 2.24) is 4.57 Å². The van der Waals surface area contributed by atoms with Crippen LogP contribution < -0.4 is 15.3 Å². The van der Waals surface area contributed by atoms with Gasteiger partial charge in [-0.15, -0.1) is 0 Å². The van der Waals surface area contributed by atoms with Crippen molar-refractivity contribution in [2.75, 3.05) is 6.61 Å². The van der Waals surface area contributed by atoms with E-state index in [1.54, 1.807) is 12.1 Å². The van der Waals surface area contributed by atoms with Crippen LogP contribution in [0, 0.1) is 6.92 Å². The molecule has 0 amide bonds. The van der Waals surface area contributed by atoms with E-state index in [9.17, 15) is 4.79 Å². The highest BCUT2D eigenvalue weighted by atomic mass is 35.5. The lowest BCUT2D eigenvalue weighted by Crippen LogP contribution is -2.28. The fraction of sp³-hybridized carbons (Fsp3) is 0.211. The Balaban J connectivity index is 2.31. The van der Waals surface area contributed by atoms with Crippen LogP contribution in [-0.2, 0) is 11.3 Å². The van der Waals surface area contributed by atoms with Crippen molar-refractivity contribution in [1.29, 1.82) is 0 Å². The number of carboxylic acid groups (broad SMARTS) is 1. The second-order valence-electron chi connectivity index (χ2n) is 5.42. The molecule has 2 aromatic rings. The van der Waals surface area contributed by atoms with Gasteiger partial charge in [0, 0.05) is 17.6 Å². The number of rotatable bonds is 6. The molecule has 126 valence electrons. The summed E-state index contributed by atoms with van der Waals surface area (Å²) in [5.41, 5.74) is 2.11. The molecule has 5 heteroatoms. The van der Waals surface area contributed by atoms with E-state index < -0.39 is 12.6 Å². The molecule has 4 nitrogen and oxygen atoms in total. The van der Waals surface area contributed by atoms with E-state index in [1.807, 2.05) is 44.2 Å². The van der Waals surface area contributed by atoms with E-state index in [0.717, 1.165) is 21.8 Å². The Kier molecular flexibility index (Phi) is 5.88. The van der Waals surface area contributed by atoms with Crippen LogP contribution in [0.1, 0.15) is 18.2 Å². The van der Waals surface area contributed by atoms with Gasteiger partial charge in [0.2, 0.25) is 0 Å². The van der Waals surface area contributed by atoms with Gasteiger partial charge >= 0.3 is 5.97 Å². The number of aryl methyl sites for hydroxylation is 1. The third-order valence-electron chi connectivity index (χ3n) is 3.56. The van der Waals surface area contributed by atoms with Crippen LogP contribution >= 0.6 is 11.6 Å². The highest BCUT2D eigenvalue weighted by molar-refractivity contribution is 6.32. The Bertz CT molecular complexity index is 881. The Morgan fingerprint density at radius 1 is 1.42 bits per heavy atom. The monoisotopic (exact) mass is 345 g/mol. The van der Waals surface area contributed by atoms with Crippen LogP contribution in [0.2, 0.25) is 5.02 Å². The highest BCUT2D eigenvalue weighted by Crippen LogP contribution is 2.25. The molecule has 0 saturated heterocycles. The fourth-order valence-electron chi connectivity index (χ4n) is 2.44. The smallest absolute Gasteiger partial charge is 0.341 e. The average Bonchev–Trinajstić information content (AvgIpc) is 2.78. The number of halogens is 1. The van der Waals surface area contributed by atoms with Crippen LogP contribution in [0.5, 0.6) is 5.75 Å². The molecule has 0 spiro atoms. The largest absolute Gasteiger partial charge is 0.480 e. The first kappa shape index (κ1) is 17.9. The van der Waals surface area contributed by atoms with Gasteiger partial charge in [-0.25, -0.2) is 4.79 Å². The molecule has 0 fully saturated rings. The predicted octanol–water partition coefficient (Wildman–Crippen LogP) is 2.73. The van der Waals surface area contributed by atoms with Gasteiger partial charge in [0.05, 0.1) is 5.02 Å². The first-order valence-corrected chi connectivity index (χ1v) is 7.91. The van der Waals surface area contributed by atoms with Gasteiger partial charge in [-0.05, 0) is 48.9 Å². The summed E-state index contributed by atoms with van der Waals surface area (Å²) in [6.45, 7) is 8.31. The van der Waals surface area contributed by atoms with Crippen molar-refractivity contribution in [3.63, 3.8) is 0 Å². The minimum Gasteiger partial charge on any atom is -0.480 e. The van der Waals surface area contributed by atoms with Crippen molar-refractivity contribution < 1.29 is 14.6 Å². The van der Waals surface area contributed by atoms with E-state index >= 15 is 0 Å². The maximum atomic E-state index is 10.6. The minimum absolute atomic E-state index is 0.366. The number of nitrogens with zero attached hydrogens (tertiary/aromatic N) is 1. The van der Waals surface area contributed by atoms with Crippen molar-refractivity contribution in [2.45, 2.75) is 20.4 Å². The molecule has 0 radical (unpaired) electrons. The number of aliphatic carboxylic acids is 1. The zero-order valence-corrected chi connectivity index (χ0v) is 14.5. The molecule has 1 N–H and O–H groups in total. The van der Waals surface area contributed by atoms with Gasteiger partial charge in [0.25, 0.3) is 0 Å². The lowest BCUT2D eigenvalue weighted by molar-refractivity contribution is -0.139. The van der Waals surface area contributed by atoms with Crippen LogP contribution in [-0.4, -0.2) is 22.2 Å². The lowest BCUT2D eigenvalue weighted by Gasteiger charge is -2.10. The number of carboxylic acids is 1. The Morgan fingerprint density at radius 2 is 2.17 bits per heavy atom. The predicted molar refractivity (Wildman–Crippen MR) is 96.9 cm³/mol. The van der Waals surface area contributed by atoms with Gasteiger partial charge in [-0.3, -0.25) is 0 Å². The molecule has 0 aliphatic rings. The summed E-state index contributed by atoms with van der Waals surface area (Å²) in [7, 11) is 0. The van der Waals surface area contributed by atoms with Crippen molar-refractivity contribution in [3.8, 4) is 5.75 Å². The summed E-state index contributed by atoms with van der Waals surface area (Å²) in [6.07, 6.45) is 5.98. The molecular weight excluding hydrogens is 326 g/mol. The Labute approximate surface area is 145 Å².